The van der Waals surface area contributed by atoms with Gasteiger partial charge in [0, 0.05) is 5.92 Å². The van der Waals surface area contributed by atoms with Gasteiger partial charge in [0.15, 0.2) is 0 Å². The van der Waals surface area contributed by atoms with Crippen molar-refractivity contribution in [2.45, 2.75) is 72.1 Å². The van der Waals surface area contributed by atoms with Gasteiger partial charge in [-0.05, 0) is 25.7 Å². The lowest BCUT2D eigenvalue weighted by molar-refractivity contribution is -0.155. The van der Waals surface area contributed by atoms with Crippen molar-refractivity contribution in [1.29, 1.82) is 0 Å². The summed E-state index contributed by atoms with van der Waals surface area (Å²) < 4.78 is 10.2. The molecule has 8 nitrogen and oxygen atoms in total. The standard InChI is InChI=1S/C24H38O8/c1-4-6-8-10-12-19(23(27)28)14-21(25)31-16-18(3)17-32-22(26)15-20(24(29)30)13-11-9-7-5-2/h8-11,18-20H,4-7,12-17H2,1-3H3,(H,27,28)(H,29,30)/b10-8+,11-9+. The average molecular weight is 455 g/mol. The Hall–Kier alpha value is -2.64. The molecule has 0 fully saturated rings. The van der Waals surface area contributed by atoms with Crippen molar-refractivity contribution >= 4 is 23.9 Å². The molecule has 0 aliphatic rings. The molecule has 0 aliphatic heterocycles. The van der Waals surface area contributed by atoms with Crippen molar-refractivity contribution in [3.63, 3.8) is 0 Å². The molecule has 182 valence electrons. The Labute approximate surface area is 190 Å². The van der Waals surface area contributed by atoms with Crippen molar-refractivity contribution in [2.24, 2.45) is 17.8 Å². The molecule has 2 atom stereocenters. The van der Waals surface area contributed by atoms with Crippen LogP contribution in [0.2, 0.25) is 0 Å². The molecule has 0 aromatic rings. The Morgan fingerprint density at radius 1 is 0.719 bits per heavy atom. The molecule has 0 rings (SSSR count). The van der Waals surface area contributed by atoms with E-state index in [1.165, 1.54) is 0 Å². The fourth-order valence-electron chi connectivity index (χ4n) is 2.67. The third-order valence-corrected chi connectivity index (χ3v) is 4.67. The van der Waals surface area contributed by atoms with Gasteiger partial charge in [-0.2, -0.15) is 0 Å². The SMILES string of the molecule is CCC/C=C/CC(CC(=O)OCC(C)COC(=O)CC(C/C=C/CCC)C(=O)O)C(=O)O. The number of carbonyl (C=O) groups is 4. The van der Waals surface area contributed by atoms with Gasteiger partial charge in [-0.1, -0.05) is 57.9 Å². The maximum atomic E-state index is 12.0. The van der Waals surface area contributed by atoms with E-state index >= 15 is 0 Å². The molecular weight excluding hydrogens is 416 g/mol. The van der Waals surface area contributed by atoms with Gasteiger partial charge in [0.25, 0.3) is 0 Å². The van der Waals surface area contributed by atoms with E-state index in [4.69, 9.17) is 9.47 Å². The van der Waals surface area contributed by atoms with Crippen LogP contribution in [0.5, 0.6) is 0 Å². The second-order valence-corrected chi connectivity index (χ2v) is 7.94. The average Bonchev–Trinajstić information content (AvgIpc) is 2.74. The topological polar surface area (TPSA) is 127 Å². The third kappa shape index (κ3) is 15.2. The first-order valence-corrected chi connectivity index (χ1v) is 11.3. The second-order valence-electron chi connectivity index (χ2n) is 7.94. The highest BCUT2D eigenvalue weighted by atomic mass is 16.5. The predicted octanol–water partition coefficient (Wildman–Crippen LogP) is 4.38. The van der Waals surface area contributed by atoms with Gasteiger partial charge in [-0.15, -0.1) is 0 Å². The van der Waals surface area contributed by atoms with E-state index < -0.39 is 35.7 Å². The van der Waals surface area contributed by atoms with E-state index in [1.54, 1.807) is 19.1 Å². The Morgan fingerprint density at radius 2 is 1.09 bits per heavy atom. The molecule has 0 aromatic heterocycles. The number of rotatable bonds is 18. The Morgan fingerprint density at radius 3 is 1.41 bits per heavy atom. The quantitative estimate of drug-likeness (QED) is 0.231. The number of hydrogen-bond donors (Lipinski definition) is 2. The van der Waals surface area contributed by atoms with E-state index in [0.29, 0.717) is 0 Å². The van der Waals surface area contributed by atoms with Gasteiger partial charge in [-0.25, -0.2) is 0 Å². The van der Waals surface area contributed by atoms with Crippen LogP contribution in [0.1, 0.15) is 72.1 Å². The Kier molecular flexibility index (Phi) is 16.5. The monoisotopic (exact) mass is 454 g/mol. The molecule has 0 amide bonds. The number of esters is 2. The van der Waals surface area contributed by atoms with E-state index in [1.807, 2.05) is 26.0 Å². The van der Waals surface area contributed by atoms with Gasteiger partial charge in [0.1, 0.15) is 0 Å². The molecule has 32 heavy (non-hydrogen) atoms. The zero-order valence-corrected chi connectivity index (χ0v) is 19.5. The summed E-state index contributed by atoms with van der Waals surface area (Å²) in [6, 6.07) is 0. The zero-order chi connectivity index (χ0) is 24.4. The van der Waals surface area contributed by atoms with Crippen molar-refractivity contribution in [3.05, 3.63) is 24.3 Å². The predicted molar refractivity (Wildman–Crippen MR) is 120 cm³/mol. The molecule has 2 N–H and O–H groups in total. The first kappa shape index (κ1) is 29.4. The van der Waals surface area contributed by atoms with Crippen LogP contribution in [0.4, 0.5) is 0 Å². The highest BCUT2D eigenvalue weighted by molar-refractivity contribution is 5.79. The minimum absolute atomic E-state index is 0.0216. The van der Waals surface area contributed by atoms with Crippen LogP contribution in [0, 0.1) is 17.8 Å². The number of carbonyl (C=O) groups excluding carboxylic acids is 2. The summed E-state index contributed by atoms with van der Waals surface area (Å²) in [5, 5.41) is 18.5. The van der Waals surface area contributed by atoms with E-state index in [9.17, 15) is 29.4 Å². The van der Waals surface area contributed by atoms with Crippen LogP contribution >= 0.6 is 0 Å². The first-order valence-electron chi connectivity index (χ1n) is 11.3. The highest BCUT2D eigenvalue weighted by Gasteiger charge is 2.23. The zero-order valence-electron chi connectivity index (χ0n) is 19.5. The molecule has 0 spiro atoms. The van der Waals surface area contributed by atoms with Crippen molar-refractivity contribution in [1.82, 2.24) is 0 Å². The smallest absolute Gasteiger partial charge is 0.307 e. The normalized spacial score (nSPS) is 14.2. The molecule has 0 radical (unpaired) electrons. The molecule has 2 unspecified atom stereocenters. The summed E-state index contributed by atoms with van der Waals surface area (Å²) in [6.45, 7) is 5.71. The van der Waals surface area contributed by atoms with Gasteiger partial charge < -0.3 is 19.7 Å². The molecule has 0 aromatic carbocycles. The van der Waals surface area contributed by atoms with Gasteiger partial charge >= 0.3 is 23.9 Å². The molecule has 0 bridgehead atoms. The number of unbranched alkanes of at least 4 members (excludes halogenated alkanes) is 2. The summed E-state index contributed by atoms with van der Waals surface area (Å²) >= 11 is 0. The maximum Gasteiger partial charge on any atom is 0.307 e. The van der Waals surface area contributed by atoms with Crippen LogP contribution in [0.15, 0.2) is 24.3 Å². The summed E-state index contributed by atoms with van der Waals surface area (Å²) in [5.74, 6) is -5.34. The van der Waals surface area contributed by atoms with Crippen LogP contribution in [0.25, 0.3) is 0 Å². The van der Waals surface area contributed by atoms with E-state index in [-0.39, 0.29) is 44.8 Å². The third-order valence-electron chi connectivity index (χ3n) is 4.67. The van der Waals surface area contributed by atoms with Crippen LogP contribution in [-0.4, -0.2) is 47.3 Å². The van der Waals surface area contributed by atoms with Gasteiger partial charge in [0.2, 0.25) is 0 Å². The second kappa shape index (κ2) is 18.0. The minimum atomic E-state index is -1.05. The van der Waals surface area contributed by atoms with Crippen LogP contribution in [0.3, 0.4) is 0 Å². The van der Waals surface area contributed by atoms with Crippen LogP contribution < -0.4 is 0 Å². The molecule has 0 aliphatic carbocycles. The summed E-state index contributed by atoms with van der Waals surface area (Å²) in [6.07, 6.45) is 11.0. The number of allylic oxidation sites excluding steroid dienone is 4. The number of carboxylic acid groups (broad SMARTS) is 2. The van der Waals surface area contributed by atoms with Crippen molar-refractivity contribution in [2.75, 3.05) is 13.2 Å². The van der Waals surface area contributed by atoms with E-state index in [0.717, 1.165) is 25.7 Å². The lowest BCUT2D eigenvalue weighted by Crippen LogP contribution is -2.23. The molecule has 8 heteroatoms. The molecule has 0 saturated carbocycles. The molecule has 0 heterocycles. The van der Waals surface area contributed by atoms with Crippen molar-refractivity contribution in [3.8, 4) is 0 Å². The Balaban J connectivity index is 4.33. The lowest BCUT2D eigenvalue weighted by atomic mass is 10.0. The lowest BCUT2D eigenvalue weighted by Gasteiger charge is -2.15. The number of ether oxygens (including phenoxy) is 2. The highest BCUT2D eigenvalue weighted by Crippen LogP contribution is 2.14. The van der Waals surface area contributed by atoms with Gasteiger partial charge in [-0.3, -0.25) is 19.2 Å². The fraction of sp³-hybridized carbons (Fsp3) is 0.667. The number of aliphatic carboxylic acids is 2. The van der Waals surface area contributed by atoms with Crippen LogP contribution in [-0.2, 0) is 28.7 Å². The minimum Gasteiger partial charge on any atom is -0.481 e. The molecule has 0 saturated heterocycles. The summed E-state index contributed by atoms with van der Waals surface area (Å²) in [4.78, 5) is 46.5. The summed E-state index contributed by atoms with van der Waals surface area (Å²) in [7, 11) is 0. The summed E-state index contributed by atoms with van der Waals surface area (Å²) in [5.41, 5.74) is 0. The van der Waals surface area contributed by atoms with Gasteiger partial charge in [0.05, 0.1) is 37.9 Å². The fourth-order valence-corrected chi connectivity index (χ4v) is 2.67. The number of carboxylic acids is 2. The largest absolute Gasteiger partial charge is 0.481 e. The van der Waals surface area contributed by atoms with Crippen molar-refractivity contribution < 1.29 is 38.9 Å². The Bertz CT molecular complexity index is 584. The number of hydrogen-bond acceptors (Lipinski definition) is 6. The first-order chi connectivity index (χ1) is 15.2. The van der Waals surface area contributed by atoms with E-state index in [2.05, 4.69) is 0 Å². The maximum absolute atomic E-state index is 12.0. The molecular formula is C24H38O8.